The molecule has 0 atom stereocenters. The maximum Gasteiger partial charge on any atom is 0.143 e. The van der Waals surface area contributed by atoms with Crippen molar-refractivity contribution < 1.29 is 26.4 Å². The zero-order chi connectivity index (χ0) is 37.6. The summed E-state index contributed by atoms with van der Waals surface area (Å²) in [6.45, 7) is 0. The van der Waals surface area contributed by atoms with E-state index in [1.807, 2.05) is 36.4 Å². The fraction of sp³-hybridized carbons (Fsp3) is 0.130. The SMILES string of the molecule is CS(C)(C)c1cc2c3oc4ccc(-c5cc(F)cc(F)c5)cc4c3cc3c(S(C)(C)C)cc4c5oc6ccc(-c7cc(F)cc(F)c7)cc6c5cc1c4c32. The Morgan fingerprint density at radius 3 is 1.07 bits per heavy atom. The standard InChI is InChI=1S/C46H34F4O2S2/c1-53(2,3)41-21-37-44-36(20-34-32-16-24(8-10-40(32)51-45(34)37)26-13-29(49)18-30(50)14-26)42(54(4,5)6)22-38-43(44)35(41)19-33-31-15-23(7-9-39(31)52-46(33)38)25-11-27(47)17-28(48)12-25/h7-22H,1-6H3. The van der Waals surface area contributed by atoms with Crippen LogP contribution in [-0.2, 0) is 0 Å². The molecule has 270 valence electrons. The van der Waals surface area contributed by atoms with Crippen LogP contribution in [0.5, 0.6) is 0 Å². The van der Waals surface area contributed by atoms with E-state index >= 15 is 0 Å². The van der Waals surface area contributed by atoms with Crippen molar-refractivity contribution in [3.63, 3.8) is 0 Å². The third kappa shape index (κ3) is 4.96. The van der Waals surface area contributed by atoms with Crippen molar-refractivity contribution >= 4 is 96.3 Å². The molecule has 0 unspecified atom stereocenters. The number of halogens is 4. The van der Waals surface area contributed by atoms with Crippen LogP contribution in [0.15, 0.2) is 116 Å². The van der Waals surface area contributed by atoms with Gasteiger partial charge in [0, 0.05) is 55.2 Å². The molecular weight excluding hydrogens is 725 g/mol. The first-order chi connectivity index (χ1) is 25.6. The highest BCUT2D eigenvalue weighted by molar-refractivity contribution is 8.32. The highest BCUT2D eigenvalue weighted by Crippen LogP contribution is 2.58. The van der Waals surface area contributed by atoms with E-state index in [1.54, 1.807) is 0 Å². The van der Waals surface area contributed by atoms with E-state index < -0.39 is 43.3 Å². The van der Waals surface area contributed by atoms with E-state index in [4.69, 9.17) is 8.83 Å². The van der Waals surface area contributed by atoms with E-state index in [0.717, 1.165) is 77.2 Å². The van der Waals surface area contributed by atoms with Crippen molar-refractivity contribution in [1.82, 2.24) is 0 Å². The van der Waals surface area contributed by atoms with E-state index in [1.165, 1.54) is 34.1 Å². The predicted molar refractivity (Wildman–Crippen MR) is 223 cm³/mol. The summed E-state index contributed by atoms with van der Waals surface area (Å²) in [7, 11) is -2.65. The number of furan rings is 2. The fourth-order valence-electron chi connectivity index (χ4n) is 8.30. The molecule has 0 aliphatic heterocycles. The lowest BCUT2D eigenvalue weighted by Gasteiger charge is -2.32. The second-order valence-corrected chi connectivity index (χ2v) is 24.0. The van der Waals surface area contributed by atoms with Crippen LogP contribution in [0.2, 0.25) is 0 Å². The monoisotopic (exact) mass is 758 g/mol. The van der Waals surface area contributed by atoms with Crippen molar-refractivity contribution in [3.05, 3.63) is 120 Å². The number of hydrogen-bond donors (Lipinski definition) is 0. The summed E-state index contributed by atoms with van der Waals surface area (Å²) in [4.78, 5) is 2.45. The van der Waals surface area contributed by atoms with Crippen LogP contribution in [0.4, 0.5) is 17.6 Å². The van der Waals surface area contributed by atoms with Gasteiger partial charge in [-0.2, -0.15) is 0 Å². The van der Waals surface area contributed by atoms with Crippen molar-refractivity contribution in [2.45, 2.75) is 9.79 Å². The van der Waals surface area contributed by atoms with Gasteiger partial charge in [0.15, 0.2) is 0 Å². The van der Waals surface area contributed by atoms with Gasteiger partial charge in [-0.1, -0.05) is 12.1 Å². The average Bonchev–Trinajstić information content (AvgIpc) is 3.65. The van der Waals surface area contributed by atoms with Crippen molar-refractivity contribution in [1.29, 1.82) is 0 Å². The minimum absolute atomic E-state index is 0.463. The smallest absolute Gasteiger partial charge is 0.143 e. The Morgan fingerprint density at radius 2 is 0.722 bits per heavy atom. The van der Waals surface area contributed by atoms with Crippen LogP contribution >= 0.6 is 20.1 Å². The molecule has 0 fully saturated rings. The number of benzene rings is 8. The Morgan fingerprint density at radius 1 is 0.352 bits per heavy atom. The third-order valence-corrected chi connectivity index (χ3v) is 14.0. The summed E-state index contributed by atoms with van der Waals surface area (Å²) in [5.41, 5.74) is 5.26. The van der Waals surface area contributed by atoms with E-state index in [9.17, 15) is 17.6 Å². The molecule has 2 heterocycles. The summed E-state index contributed by atoms with van der Waals surface area (Å²) >= 11 is 0. The van der Waals surface area contributed by atoms with Gasteiger partial charge in [-0.3, -0.25) is 0 Å². The number of rotatable bonds is 4. The number of hydrogen-bond acceptors (Lipinski definition) is 2. The van der Waals surface area contributed by atoms with Crippen LogP contribution in [0, 0.1) is 23.3 Å². The lowest BCUT2D eigenvalue weighted by molar-refractivity contribution is 0.583. The molecule has 0 saturated heterocycles. The minimum atomic E-state index is -1.33. The van der Waals surface area contributed by atoms with Gasteiger partial charge >= 0.3 is 0 Å². The summed E-state index contributed by atoms with van der Waals surface area (Å²) in [6, 6.07) is 27.7. The first kappa shape index (κ1) is 33.4. The molecular formula is C46H34F4O2S2. The Labute approximate surface area is 311 Å². The Hall–Kier alpha value is -5.18. The Bertz CT molecular complexity index is 2980. The van der Waals surface area contributed by atoms with Crippen LogP contribution < -0.4 is 0 Å². The summed E-state index contributed by atoms with van der Waals surface area (Å²) in [6.07, 6.45) is 13.7. The van der Waals surface area contributed by atoms with Crippen molar-refractivity contribution in [2.75, 3.05) is 37.5 Å². The van der Waals surface area contributed by atoms with Crippen molar-refractivity contribution in [3.8, 4) is 22.3 Å². The zero-order valence-electron chi connectivity index (χ0n) is 30.4. The quantitative estimate of drug-likeness (QED) is 0.132. The number of fused-ring (bicyclic) bond motifs is 8. The first-order valence-electron chi connectivity index (χ1n) is 17.4. The molecule has 0 amide bonds. The molecule has 8 heteroatoms. The highest BCUT2D eigenvalue weighted by Gasteiger charge is 2.27. The third-order valence-electron chi connectivity index (χ3n) is 10.6. The average molecular weight is 759 g/mol. The molecule has 0 aliphatic carbocycles. The van der Waals surface area contributed by atoms with E-state index in [2.05, 4.69) is 61.8 Å². The lowest BCUT2D eigenvalue weighted by atomic mass is 9.91. The summed E-state index contributed by atoms with van der Waals surface area (Å²) in [5, 5.41) is 10.2. The zero-order valence-corrected chi connectivity index (χ0v) is 32.0. The second-order valence-electron chi connectivity index (χ2n) is 15.8. The van der Waals surface area contributed by atoms with Gasteiger partial charge in [0.05, 0.1) is 0 Å². The predicted octanol–water partition coefficient (Wildman–Crippen LogP) is 14.4. The summed E-state index contributed by atoms with van der Waals surface area (Å²) in [5.74, 6) is -2.49. The largest absolute Gasteiger partial charge is 0.455 e. The molecule has 0 aliphatic rings. The van der Waals surface area contributed by atoms with Crippen LogP contribution in [0.1, 0.15) is 0 Å². The van der Waals surface area contributed by atoms with Crippen LogP contribution in [0.25, 0.3) is 98.4 Å². The molecule has 2 nitrogen and oxygen atoms in total. The molecule has 10 aromatic rings. The van der Waals surface area contributed by atoms with Gasteiger partial charge in [-0.25, -0.2) is 37.6 Å². The molecule has 2 aromatic heterocycles. The van der Waals surface area contributed by atoms with Crippen molar-refractivity contribution in [2.24, 2.45) is 0 Å². The molecule has 10 rings (SSSR count). The van der Waals surface area contributed by atoms with Gasteiger partial charge in [-0.05, 0) is 153 Å². The molecule has 0 N–H and O–H groups in total. The minimum Gasteiger partial charge on any atom is -0.455 e. The summed E-state index contributed by atoms with van der Waals surface area (Å²) < 4.78 is 70.7. The first-order valence-corrected chi connectivity index (χ1v) is 23.1. The fourth-order valence-corrected chi connectivity index (χ4v) is 10.9. The van der Waals surface area contributed by atoms with Gasteiger partial charge < -0.3 is 8.83 Å². The Balaban J connectivity index is 1.35. The molecule has 54 heavy (non-hydrogen) atoms. The van der Waals surface area contributed by atoms with Crippen LogP contribution in [-0.4, -0.2) is 37.5 Å². The maximum absolute atomic E-state index is 14.3. The van der Waals surface area contributed by atoms with E-state index in [-0.39, 0.29) is 0 Å². The highest BCUT2D eigenvalue weighted by atomic mass is 32.3. The second kappa shape index (κ2) is 11.2. The van der Waals surface area contributed by atoms with Crippen LogP contribution in [0.3, 0.4) is 0 Å². The Kier molecular flexibility index (Phi) is 6.92. The lowest BCUT2D eigenvalue weighted by Crippen LogP contribution is -2.00. The van der Waals surface area contributed by atoms with Gasteiger partial charge in [0.25, 0.3) is 0 Å². The maximum atomic E-state index is 14.3. The molecule has 0 spiro atoms. The van der Waals surface area contributed by atoms with Gasteiger partial charge in [0.2, 0.25) is 0 Å². The van der Waals surface area contributed by atoms with Gasteiger partial charge in [-0.15, -0.1) is 0 Å². The molecule has 0 saturated carbocycles. The topological polar surface area (TPSA) is 26.3 Å². The molecule has 8 aromatic carbocycles. The van der Waals surface area contributed by atoms with Gasteiger partial charge in [0.1, 0.15) is 45.6 Å². The molecule has 0 radical (unpaired) electrons. The molecule has 0 bridgehead atoms. The van der Waals surface area contributed by atoms with E-state index in [0.29, 0.717) is 33.4 Å². The normalized spacial score (nSPS) is 13.6.